The SMILES string of the molecule is CCCCCCCCCCCCCCCCCCO.Cc1cc(O)ccc1Sc1ccc(O)cc1C. The Hall–Kier alpha value is -1.65. The predicted molar refractivity (Wildman–Crippen MR) is 156 cm³/mol. The molecule has 0 aliphatic rings. The summed E-state index contributed by atoms with van der Waals surface area (Å²) in [6.07, 6.45) is 22.2. The molecule has 0 saturated carbocycles. The zero-order chi connectivity index (χ0) is 26.4. The fraction of sp³-hybridized carbons (Fsp3) is 0.625. The van der Waals surface area contributed by atoms with Crippen LogP contribution < -0.4 is 0 Å². The summed E-state index contributed by atoms with van der Waals surface area (Å²) in [5, 5.41) is 27.4. The summed E-state index contributed by atoms with van der Waals surface area (Å²) in [5.41, 5.74) is 2.09. The highest BCUT2D eigenvalue weighted by Crippen LogP contribution is 2.34. The van der Waals surface area contributed by atoms with Gasteiger partial charge in [-0.3, -0.25) is 0 Å². The first kappa shape index (κ1) is 32.4. The van der Waals surface area contributed by atoms with E-state index in [9.17, 15) is 10.2 Å². The minimum absolute atomic E-state index is 0.286. The van der Waals surface area contributed by atoms with Gasteiger partial charge in [-0.05, 0) is 67.8 Å². The Bertz CT molecular complexity index is 740. The molecule has 0 aliphatic heterocycles. The summed E-state index contributed by atoms with van der Waals surface area (Å²) in [6.45, 7) is 6.60. The number of hydrogen-bond donors (Lipinski definition) is 3. The molecule has 2 rings (SSSR count). The van der Waals surface area contributed by atoms with Crippen LogP contribution in [0, 0.1) is 13.8 Å². The van der Waals surface area contributed by atoms with Crippen LogP contribution in [0.2, 0.25) is 0 Å². The van der Waals surface area contributed by atoms with Gasteiger partial charge >= 0.3 is 0 Å². The topological polar surface area (TPSA) is 60.7 Å². The van der Waals surface area contributed by atoms with Crippen molar-refractivity contribution in [2.24, 2.45) is 0 Å². The Labute approximate surface area is 225 Å². The van der Waals surface area contributed by atoms with Crippen molar-refractivity contribution in [2.75, 3.05) is 6.61 Å². The van der Waals surface area contributed by atoms with Gasteiger partial charge < -0.3 is 15.3 Å². The van der Waals surface area contributed by atoms with Crippen LogP contribution in [0.5, 0.6) is 11.5 Å². The predicted octanol–water partition coefficient (Wildman–Crippen LogP) is 10.1. The maximum Gasteiger partial charge on any atom is 0.115 e. The normalized spacial score (nSPS) is 10.8. The third-order valence-electron chi connectivity index (χ3n) is 6.55. The van der Waals surface area contributed by atoms with Gasteiger partial charge in [-0.15, -0.1) is 0 Å². The molecule has 3 N–H and O–H groups in total. The molecule has 0 amide bonds. The Morgan fingerprint density at radius 3 is 1.17 bits per heavy atom. The highest BCUT2D eigenvalue weighted by Gasteiger charge is 2.05. The molecule has 0 unspecified atom stereocenters. The average molecular weight is 517 g/mol. The lowest BCUT2D eigenvalue weighted by Crippen LogP contribution is -1.85. The number of phenols is 2. The minimum Gasteiger partial charge on any atom is -0.508 e. The fourth-order valence-corrected chi connectivity index (χ4v) is 5.22. The zero-order valence-electron chi connectivity index (χ0n) is 23.2. The Morgan fingerprint density at radius 1 is 0.528 bits per heavy atom. The molecule has 0 fully saturated rings. The van der Waals surface area contributed by atoms with E-state index < -0.39 is 0 Å². The van der Waals surface area contributed by atoms with Crippen molar-refractivity contribution in [1.82, 2.24) is 0 Å². The number of aromatic hydroxyl groups is 2. The van der Waals surface area contributed by atoms with Gasteiger partial charge in [0.05, 0.1) is 0 Å². The molecular formula is C32H52O3S. The van der Waals surface area contributed by atoms with E-state index in [1.54, 1.807) is 36.0 Å². The minimum atomic E-state index is 0.286. The molecule has 0 aromatic heterocycles. The molecule has 204 valence electrons. The summed E-state index contributed by atoms with van der Waals surface area (Å²) in [4.78, 5) is 2.22. The first-order valence-corrected chi connectivity index (χ1v) is 15.2. The van der Waals surface area contributed by atoms with Crippen molar-refractivity contribution >= 4 is 11.8 Å². The number of phenolic OH excluding ortho intramolecular Hbond substituents is 2. The lowest BCUT2D eigenvalue weighted by Gasteiger charge is -2.08. The number of hydrogen-bond acceptors (Lipinski definition) is 4. The highest BCUT2D eigenvalue weighted by molar-refractivity contribution is 7.99. The molecule has 0 bridgehead atoms. The van der Waals surface area contributed by atoms with Crippen LogP contribution in [0.1, 0.15) is 121 Å². The molecule has 0 heterocycles. The second-order valence-corrected chi connectivity index (χ2v) is 11.1. The third-order valence-corrected chi connectivity index (χ3v) is 7.90. The summed E-state index contributed by atoms with van der Waals surface area (Å²) >= 11 is 1.64. The van der Waals surface area contributed by atoms with E-state index in [4.69, 9.17) is 5.11 Å². The van der Waals surface area contributed by atoms with Crippen LogP contribution >= 0.6 is 11.8 Å². The van der Waals surface area contributed by atoms with Crippen molar-refractivity contribution in [1.29, 1.82) is 0 Å². The first-order valence-electron chi connectivity index (χ1n) is 14.4. The Balaban J connectivity index is 0.000000361. The van der Waals surface area contributed by atoms with Crippen LogP contribution in [0.3, 0.4) is 0 Å². The molecule has 36 heavy (non-hydrogen) atoms. The van der Waals surface area contributed by atoms with Crippen molar-refractivity contribution in [2.45, 2.75) is 133 Å². The summed E-state index contributed by atoms with van der Waals surface area (Å²) in [5.74, 6) is 0.573. The van der Waals surface area contributed by atoms with E-state index in [2.05, 4.69) is 6.92 Å². The van der Waals surface area contributed by atoms with Crippen LogP contribution in [0.15, 0.2) is 46.2 Å². The maximum atomic E-state index is 9.35. The van der Waals surface area contributed by atoms with Gasteiger partial charge in [-0.1, -0.05) is 115 Å². The van der Waals surface area contributed by atoms with E-state index in [0.29, 0.717) is 6.61 Å². The standard InChI is InChI=1S/C18H38O.C14H14O2S/c1-2-3-4-5-6-7-8-9-10-11-12-13-14-15-16-17-18-19;1-9-7-11(15)3-5-13(9)17-14-6-4-12(16)8-10(14)2/h19H,2-18H2,1H3;3-8,15-16H,1-2H3. The summed E-state index contributed by atoms with van der Waals surface area (Å²) in [6, 6.07) is 10.7. The van der Waals surface area contributed by atoms with Crippen LogP contribution in [-0.2, 0) is 0 Å². The van der Waals surface area contributed by atoms with Gasteiger partial charge in [0.25, 0.3) is 0 Å². The van der Waals surface area contributed by atoms with E-state index in [0.717, 1.165) is 27.3 Å². The van der Waals surface area contributed by atoms with Gasteiger partial charge in [0, 0.05) is 16.4 Å². The Kier molecular flexibility index (Phi) is 19.3. The summed E-state index contributed by atoms with van der Waals surface area (Å²) < 4.78 is 0. The smallest absolute Gasteiger partial charge is 0.115 e. The number of rotatable bonds is 18. The largest absolute Gasteiger partial charge is 0.508 e. The molecular weight excluding hydrogens is 464 g/mol. The molecule has 0 saturated heterocycles. The van der Waals surface area contributed by atoms with E-state index in [1.165, 1.54) is 96.3 Å². The molecule has 0 atom stereocenters. The van der Waals surface area contributed by atoms with E-state index in [1.807, 2.05) is 26.0 Å². The average Bonchev–Trinajstić information content (AvgIpc) is 2.85. The maximum absolute atomic E-state index is 9.35. The molecule has 2 aromatic rings. The van der Waals surface area contributed by atoms with Gasteiger partial charge in [0.2, 0.25) is 0 Å². The first-order chi connectivity index (χ1) is 17.5. The lowest BCUT2D eigenvalue weighted by molar-refractivity contribution is 0.282. The van der Waals surface area contributed by atoms with Crippen LogP contribution in [0.4, 0.5) is 0 Å². The van der Waals surface area contributed by atoms with Crippen molar-refractivity contribution in [3.63, 3.8) is 0 Å². The molecule has 2 aromatic carbocycles. The number of aliphatic hydroxyl groups excluding tert-OH is 1. The van der Waals surface area contributed by atoms with Gasteiger partial charge in [0.15, 0.2) is 0 Å². The Morgan fingerprint density at radius 2 is 0.861 bits per heavy atom. The van der Waals surface area contributed by atoms with Gasteiger partial charge in [-0.2, -0.15) is 0 Å². The quantitative estimate of drug-likeness (QED) is 0.172. The second-order valence-electron chi connectivity index (χ2n) is 10.0. The van der Waals surface area contributed by atoms with Crippen molar-refractivity contribution in [3.8, 4) is 11.5 Å². The molecule has 0 aliphatic carbocycles. The third kappa shape index (κ3) is 16.2. The number of benzene rings is 2. The zero-order valence-corrected chi connectivity index (χ0v) is 24.1. The van der Waals surface area contributed by atoms with Crippen molar-refractivity contribution in [3.05, 3.63) is 47.5 Å². The summed E-state index contributed by atoms with van der Waals surface area (Å²) in [7, 11) is 0. The molecule has 3 nitrogen and oxygen atoms in total. The van der Waals surface area contributed by atoms with E-state index in [-0.39, 0.29) is 11.5 Å². The van der Waals surface area contributed by atoms with Crippen LogP contribution in [-0.4, -0.2) is 21.9 Å². The molecule has 0 spiro atoms. The number of aliphatic hydroxyl groups is 1. The second kappa shape index (κ2) is 21.4. The van der Waals surface area contributed by atoms with Crippen LogP contribution in [0.25, 0.3) is 0 Å². The van der Waals surface area contributed by atoms with Gasteiger partial charge in [0.1, 0.15) is 11.5 Å². The molecule has 4 heteroatoms. The van der Waals surface area contributed by atoms with E-state index >= 15 is 0 Å². The highest BCUT2D eigenvalue weighted by atomic mass is 32.2. The lowest BCUT2D eigenvalue weighted by atomic mass is 10.0. The van der Waals surface area contributed by atoms with Crippen molar-refractivity contribution < 1.29 is 15.3 Å². The molecule has 0 radical (unpaired) electrons. The number of aryl methyl sites for hydroxylation is 2. The van der Waals surface area contributed by atoms with Gasteiger partial charge in [-0.25, -0.2) is 0 Å². The monoisotopic (exact) mass is 516 g/mol. The number of unbranched alkanes of at least 4 members (excludes halogenated alkanes) is 15. The fourth-order valence-electron chi connectivity index (χ4n) is 4.27.